The summed E-state index contributed by atoms with van der Waals surface area (Å²) in [5.74, 6) is 1.47. The second-order valence-electron chi connectivity index (χ2n) is 6.09. The largest absolute Gasteiger partial charge is 0.492 e. The van der Waals surface area contributed by atoms with Gasteiger partial charge in [0.2, 0.25) is 0 Å². The number of carbonyl (C=O) groups is 1. The molecule has 0 atom stereocenters. The molecule has 0 spiro atoms. The van der Waals surface area contributed by atoms with E-state index < -0.39 is 0 Å². The molecule has 0 aliphatic carbocycles. The zero-order chi connectivity index (χ0) is 17.5. The Morgan fingerprint density at radius 2 is 1.80 bits per heavy atom. The van der Waals surface area contributed by atoms with Crippen LogP contribution in [-0.4, -0.2) is 60.1 Å². The first-order valence-electron chi connectivity index (χ1n) is 8.54. The van der Waals surface area contributed by atoms with Gasteiger partial charge in [-0.25, -0.2) is 9.97 Å². The molecule has 6 heteroatoms. The Bertz CT molecular complexity index is 680. The average Bonchev–Trinajstić information content (AvgIpc) is 2.63. The van der Waals surface area contributed by atoms with Crippen LogP contribution in [-0.2, 0) is 16.0 Å². The van der Waals surface area contributed by atoms with Gasteiger partial charge in [-0.05, 0) is 24.6 Å². The van der Waals surface area contributed by atoms with Gasteiger partial charge in [0.15, 0.2) is 0 Å². The van der Waals surface area contributed by atoms with Crippen molar-refractivity contribution in [3.63, 3.8) is 0 Å². The summed E-state index contributed by atoms with van der Waals surface area (Å²) in [5, 5.41) is 0. The van der Waals surface area contributed by atoms with E-state index in [2.05, 4.69) is 14.9 Å². The standard InChI is InChI=1S/C19H23N3O3/c1-15(23)12-19-20-13-17(14-21-19)16-2-4-18(5-3-16)25-11-8-22-6-9-24-10-7-22/h2-5,13-14H,6-12H2,1H3. The fourth-order valence-electron chi connectivity index (χ4n) is 2.68. The first kappa shape index (κ1) is 17.5. The molecule has 1 saturated heterocycles. The fraction of sp³-hybridized carbons (Fsp3) is 0.421. The summed E-state index contributed by atoms with van der Waals surface area (Å²) in [6, 6.07) is 7.90. The molecule has 2 heterocycles. The number of ketones is 1. The lowest BCUT2D eigenvalue weighted by Crippen LogP contribution is -2.38. The normalized spacial score (nSPS) is 15.1. The Morgan fingerprint density at radius 1 is 1.12 bits per heavy atom. The summed E-state index contributed by atoms with van der Waals surface area (Å²) in [6.07, 6.45) is 3.77. The number of rotatable bonds is 7. The average molecular weight is 341 g/mol. The number of nitrogens with zero attached hydrogens (tertiary/aromatic N) is 3. The highest BCUT2D eigenvalue weighted by molar-refractivity contribution is 5.77. The van der Waals surface area contributed by atoms with Gasteiger partial charge in [-0.2, -0.15) is 0 Å². The van der Waals surface area contributed by atoms with Crippen molar-refractivity contribution < 1.29 is 14.3 Å². The van der Waals surface area contributed by atoms with Crippen LogP contribution in [0.3, 0.4) is 0 Å². The van der Waals surface area contributed by atoms with Crippen molar-refractivity contribution in [2.75, 3.05) is 39.5 Å². The van der Waals surface area contributed by atoms with E-state index in [1.54, 1.807) is 12.4 Å². The minimum Gasteiger partial charge on any atom is -0.492 e. The van der Waals surface area contributed by atoms with Gasteiger partial charge in [0.1, 0.15) is 24.0 Å². The lowest BCUT2D eigenvalue weighted by atomic mass is 10.1. The lowest BCUT2D eigenvalue weighted by Gasteiger charge is -2.26. The maximum atomic E-state index is 11.1. The minimum absolute atomic E-state index is 0.0614. The molecule has 132 valence electrons. The molecule has 1 aliphatic rings. The highest BCUT2D eigenvalue weighted by Gasteiger charge is 2.09. The highest BCUT2D eigenvalue weighted by atomic mass is 16.5. The zero-order valence-corrected chi connectivity index (χ0v) is 14.5. The van der Waals surface area contributed by atoms with Gasteiger partial charge in [0, 0.05) is 37.6 Å². The number of morpholine rings is 1. The highest BCUT2D eigenvalue weighted by Crippen LogP contribution is 2.21. The van der Waals surface area contributed by atoms with Crippen molar-refractivity contribution >= 4 is 5.78 Å². The number of carbonyl (C=O) groups excluding carboxylic acids is 1. The first-order valence-corrected chi connectivity index (χ1v) is 8.54. The van der Waals surface area contributed by atoms with Crippen LogP contribution in [0.15, 0.2) is 36.7 Å². The quantitative estimate of drug-likeness (QED) is 0.767. The number of ether oxygens (including phenoxy) is 2. The molecule has 1 fully saturated rings. The molecule has 0 N–H and O–H groups in total. The minimum atomic E-state index is 0.0614. The number of Topliss-reactive ketones (excluding diaryl/α,β-unsaturated/α-hetero) is 1. The summed E-state index contributed by atoms with van der Waals surface area (Å²) in [5.41, 5.74) is 1.95. The molecule has 0 radical (unpaired) electrons. The molecular formula is C19H23N3O3. The summed E-state index contributed by atoms with van der Waals surface area (Å²) < 4.78 is 11.1. The smallest absolute Gasteiger partial charge is 0.137 e. The van der Waals surface area contributed by atoms with E-state index in [1.807, 2.05) is 24.3 Å². The van der Waals surface area contributed by atoms with Crippen molar-refractivity contribution in [1.82, 2.24) is 14.9 Å². The van der Waals surface area contributed by atoms with Gasteiger partial charge < -0.3 is 9.47 Å². The summed E-state index contributed by atoms with van der Waals surface area (Å²) >= 11 is 0. The molecule has 1 aromatic carbocycles. The Morgan fingerprint density at radius 3 is 2.44 bits per heavy atom. The van der Waals surface area contributed by atoms with Gasteiger partial charge in [-0.15, -0.1) is 0 Å². The lowest BCUT2D eigenvalue weighted by molar-refractivity contribution is -0.116. The number of hydrogen-bond donors (Lipinski definition) is 0. The van der Waals surface area contributed by atoms with Crippen molar-refractivity contribution in [2.45, 2.75) is 13.3 Å². The molecular weight excluding hydrogens is 318 g/mol. The number of hydrogen-bond acceptors (Lipinski definition) is 6. The zero-order valence-electron chi connectivity index (χ0n) is 14.5. The molecule has 25 heavy (non-hydrogen) atoms. The summed E-state index contributed by atoms with van der Waals surface area (Å²) in [7, 11) is 0. The Balaban J connectivity index is 1.51. The van der Waals surface area contributed by atoms with Crippen LogP contribution >= 0.6 is 0 Å². The molecule has 0 bridgehead atoms. The van der Waals surface area contributed by atoms with Crippen LogP contribution in [0.5, 0.6) is 5.75 Å². The topological polar surface area (TPSA) is 64.5 Å². The van der Waals surface area contributed by atoms with E-state index in [-0.39, 0.29) is 12.2 Å². The van der Waals surface area contributed by atoms with Crippen LogP contribution in [0.1, 0.15) is 12.7 Å². The van der Waals surface area contributed by atoms with Crippen molar-refractivity contribution in [3.05, 3.63) is 42.5 Å². The molecule has 0 saturated carbocycles. The van der Waals surface area contributed by atoms with Gasteiger partial charge in [0.05, 0.1) is 19.6 Å². The third-order valence-corrected chi connectivity index (χ3v) is 4.08. The van der Waals surface area contributed by atoms with Crippen LogP contribution in [0, 0.1) is 0 Å². The molecule has 0 unspecified atom stereocenters. The van der Waals surface area contributed by atoms with Gasteiger partial charge in [-0.3, -0.25) is 9.69 Å². The second-order valence-corrected chi connectivity index (χ2v) is 6.09. The summed E-state index contributed by atoms with van der Waals surface area (Å²) in [4.78, 5) is 21.9. The van der Waals surface area contributed by atoms with Crippen molar-refractivity contribution in [3.8, 4) is 16.9 Å². The van der Waals surface area contributed by atoms with Crippen LogP contribution in [0.25, 0.3) is 11.1 Å². The van der Waals surface area contributed by atoms with Crippen LogP contribution in [0.4, 0.5) is 0 Å². The summed E-state index contributed by atoms with van der Waals surface area (Å²) in [6.45, 7) is 6.68. The Hall–Kier alpha value is -2.31. The fourth-order valence-corrected chi connectivity index (χ4v) is 2.68. The van der Waals surface area contributed by atoms with Gasteiger partial charge >= 0.3 is 0 Å². The number of aromatic nitrogens is 2. The van der Waals surface area contributed by atoms with Crippen LogP contribution in [0.2, 0.25) is 0 Å². The molecule has 0 amide bonds. The Kier molecular flexibility index (Phi) is 6.09. The van der Waals surface area contributed by atoms with E-state index in [0.717, 1.165) is 49.7 Å². The van der Waals surface area contributed by atoms with E-state index in [9.17, 15) is 4.79 Å². The number of benzene rings is 1. The monoisotopic (exact) mass is 341 g/mol. The van der Waals surface area contributed by atoms with Crippen molar-refractivity contribution in [2.24, 2.45) is 0 Å². The molecule has 6 nitrogen and oxygen atoms in total. The van der Waals surface area contributed by atoms with Gasteiger partial charge in [-0.1, -0.05) is 12.1 Å². The predicted octanol–water partition coefficient (Wildman–Crippen LogP) is 1.99. The SMILES string of the molecule is CC(=O)Cc1ncc(-c2ccc(OCCN3CCOCC3)cc2)cn1. The maximum absolute atomic E-state index is 11.1. The Labute approximate surface area is 147 Å². The molecule has 3 rings (SSSR count). The van der Waals surface area contributed by atoms with E-state index in [0.29, 0.717) is 12.4 Å². The molecule has 2 aromatic rings. The van der Waals surface area contributed by atoms with Crippen molar-refractivity contribution in [1.29, 1.82) is 0 Å². The van der Waals surface area contributed by atoms with E-state index in [1.165, 1.54) is 6.92 Å². The predicted molar refractivity (Wildman–Crippen MR) is 94.6 cm³/mol. The maximum Gasteiger partial charge on any atom is 0.137 e. The third kappa shape index (κ3) is 5.34. The second kappa shape index (κ2) is 8.69. The first-order chi connectivity index (χ1) is 12.2. The van der Waals surface area contributed by atoms with E-state index >= 15 is 0 Å². The van der Waals surface area contributed by atoms with E-state index in [4.69, 9.17) is 9.47 Å². The van der Waals surface area contributed by atoms with Crippen LogP contribution < -0.4 is 4.74 Å². The third-order valence-electron chi connectivity index (χ3n) is 4.08. The van der Waals surface area contributed by atoms with Gasteiger partial charge in [0.25, 0.3) is 0 Å². The molecule has 1 aromatic heterocycles. The molecule has 1 aliphatic heterocycles.